The van der Waals surface area contributed by atoms with E-state index in [4.69, 9.17) is 24.5 Å². The van der Waals surface area contributed by atoms with E-state index in [1.54, 1.807) is 18.2 Å². The fourth-order valence-corrected chi connectivity index (χ4v) is 2.19. The van der Waals surface area contributed by atoms with Crippen LogP contribution in [0.4, 0.5) is 4.39 Å². The molecule has 0 spiro atoms. The molecule has 0 aliphatic rings. The number of carbonyl (C=O) groups is 2. The molecule has 142 valence electrons. The zero-order valence-corrected chi connectivity index (χ0v) is 14.8. The number of ether oxygens (including phenoxy) is 1. The molecule has 0 amide bonds. The molecule has 0 saturated heterocycles. The highest BCUT2D eigenvalue weighted by molar-refractivity contribution is 6.27. The van der Waals surface area contributed by atoms with Gasteiger partial charge in [-0.1, -0.05) is 12.1 Å². The van der Waals surface area contributed by atoms with E-state index in [-0.39, 0.29) is 5.82 Å². The molecular weight excluding hydrogens is 343 g/mol. The third-order valence-electron chi connectivity index (χ3n) is 3.39. The second kappa shape index (κ2) is 10.9. The Balaban J connectivity index is 0.000000487. The number of benzene rings is 1. The van der Waals surface area contributed by atoms with Crippen molar-refractivity contribution >= 4 is 11.9 Å². The van der Waals surface area contributed by atoms with Crippen molar-refractivity contribution in [2.45, 2.75) is 39.7 Å². The van der Waals surface area contributed by atoms with Crippen LogP contribution in [0.2, 0.25) is 0 Å². The average molecular weight is 366 g/mol. The standard InChI is InChI=1S/C16H21FN2O.C2H2O4/c1-13-12-14(2)19(18-13)10-6-3-7-11-20-16-9-5-4-8-15(16)17;3-1(4)2(5)6/h4-5,8-9,12H,3,6-7,10-11H2,1-2H3;(H,3,4)(H,5,6). The molecule has 8 heteroatoms. The highest BCUT2D eigenvalue weighted by Crippen LogP contribution is 2.15. The Bertz CT molecular complexity index is 718. The Hall–Kier alpha value is -2.90. The van der Waals surface area contributed by atoms with Crippen LogP contribution in [0.1, 0.15) is 30.7 Å². The molecule has 0 unspecified atom stereocenters. The predicted octanol–water partition coefficient (Wildman–Crippen LogP) is 3.04. The first kappa shape index (κ1) is 21.1. The van der Waals surface area contributed by atoms with Gasteiger partial charge in [0.25, 0.3) is 0 Å². The monoisotopic (exact) mass is 366 g/mol. The summed E-state index contributed by atoms with van der Waals surface area (Å²) in [5.41, 5.74) is 2.26. The topological polar surface area (TPSA) is 102 Å². The smallest absolute Gasteiger partial charge is 0.414 e. The molecule has 0 aliphatic heterocycles. The van der Waals surface area contributed by atoms with Crippen molar-refractivity contribution < 1.29 is 28.9 Å². The lowest BCUT2D eigenvalue weighted by Crippen LogP contribution is -2.09. The van der Waals surface area contributed by atoms with Crippen molar-refractivity contribution in [2.24, 2.45) is 0 Å². The van der Waals surface area contributed by atoms with Gasteiger partial charge in [-0.2, -0.15) is 5.10 Å². The fourth-order valence-electron chi connectivity index (χ4n) is 2.19. The van der Waals surface area contributed by atoms with Gasteiger partial charge in [-0.05, 0) is 51.3 Å². The molecule has 0 atom stereocenters. The molecule has 7 nitrogen and oxygen atoms in total. The maximum Gasteiger partial charge on any atom is 0.414 e. The van der Waals surface area contributed by atoms with Crippen LogP contribution in [0.15, 0.2) is 30.3 Å². The van der Waals surface area contributed by atoms with Crippen molar-refractivity contribution in [1.82, 2.24) is 9.78 Å². The first-order chi connectivity index (χ1) is 12.3. The highest BCUT2D eigenvalue weighted by Gasteiger charge is 2.04. The van der Waals surface area contributed by atoms with Gasteiger partial charge < -0.3 is 14.9 Å². The Labute approximate surface area is 151 Å². The van der Waals surface area contributed by atoms with Crippen LogP contribution in [0.3, 0.4) is 0 Å². The van der Waals surface area contributed by atoms with Crippen molar-refractivity contribution in [3.05, 3.63) is 47.5 Å². The lowest BCUT2D eigenvalue weighted by Gasteiger charge is -2.07. The number of nitrogens with zero attached hydrogens (tertiary/aromatic N) is 2. The summed E-state index contributed by atoms with van der Waals surface area (Å²) in [7, 11) is 0. The van der Waals surface area contributed by atoms with Gasteiger partial charge in [-0.15, -0.1) is 0 Å². The SMILES string of the molecule is Cc1cc(C)n(CCCCCOc2ccccc2F)n1.O=C(O)C(=O)O. The van der Waals surface area contributed by atoms with Gasteiger partial charge in [0.2, 0.25) is 0 Å². The number of hydrogen-bond acceptors (Lipinski definition) is 4. The Morgan fingerprint density at radius 2 is 1.77 bits per heavy atom. The molecule has 0 aliphatic carbocycles. The van der Waals surface area contributed by atoms with Crippen LogP contribution in [0.25, 0.3) is 0 Å². The van der Waals surface area contributed by atoms with Gasteiger partial charge in [0.05, 0.1) is 12.3 Å². The Morgan fingerprint density at radius 3 is 2.31 bits per heavy atom. The Morgan fingerprint density at radius 1 is 1.12 bits per heavy atom. The Kier molecular flexibility index (Phi) is 8.83. The molecule has 26 heavy (non-hydrogen) atoms. The molecule has 2 rings (SSSR count). The van der Waals surface area contributed by atoms with E-state index in [0.29, 0.717) is 12.4 Å². The third-order valence-corrected chi connectivity index (χ3v) is 3.39. The summed E-state index contributed by atoms with van der Waals surface area (Å²) in [6, 6.07) is 8.60. The predicted molar refractivity (Wildman–Crippen MR) is 92.7 cm³/mol. The summed E-state index contributed by atoms with van der Waals surface area (Å²) in [6.45, 7) is 5.56. The van der Waals surface area contributed by atoms with E-state index < -0.39 is 11.9 Å². The minimum absolute atomic E-state index is 0.296. The second-order valence-electron chi connectivity index (χ2n) is 5.60. The van der Waals surface area contributed by atoms with Crippen molar-refractivity contribution in [1.29, 1.82) is 0 Å². The van der Waals surface area contributed by atoms with Gasteiger partial charge >= 0.3 is 11.9 Å². The van der Waals surface area contributed by atoms with Crippen LogP contribution in [0.5, 0.6) is 5.75 Å². The number of aliphatic carboxylic acids is 2. The van der Waals surface area contributed by atoms with Gasteiger partial charge in [-0.3, -0.25) is 4.68 Å². The lowest BCUT2D eigenvalue weighted by atomic mass is 10.2. The molecule has 0 radical (unpaired) electrons. The number of rotatable bonds is 7. The van der Waals surface area contributed by atoms with Gasteiger partial charge in [0.1, 0.15) is 0 Å². The summed E-state index contributed by atoms with van der Waals surface area (Å²) in [4.78, 5) is 18.2. The van der Waals surface area contributed by atoms with Crippen molar-refractivity contribution in [2.75, 3.05) is 6.61 Å². The number of carboxylic acids is 2. The summed E-state index contributed by atoms with van der Waals surface area (Å²) >= 11 is 0. The number of aromatic nitrogens is 2. The number of carboxylic acid groups (broad SMARTS) is 2. The van der Waals surface area contributed by atoms with Crippen LogP contribution in [-0.2, 0) is 16.1 Å². The third kappa shape index (κ3) is 7.78. The van der Waals surface area contributed by atoms with Crippen LogP contribution in [-0.4, -0.2) is 38.5 Å². The summed E-state index contributed by atoms with van der Waals surface area (Å²) in [5, 5.41) is 19.2. The van der Waals surface area contributed by atoms with E-state index >= 15 is 0 Å². The van der Waals surface area contributed by atoms with Crippen molar-refractivity contribution in [3.8, 4) is 5.75 Å². The fraction of sp³-hybridized carbons (Fsp3) is 0.389. The highest BCUT2D eigenvalue weighted by atomic mass is 19.1. The summed E-state index contributed by atoms with van der Waals surface area (Å²) in [6.07, 6.45) is 3.03. The summed E-state index contributed by atoms with van der Waals surface area (Å²) in [5.74, 6) is -3.61. The molecule has 1 aromatic heterocycles. The largest absolute Gasteiger partial charge is 0.491 e. The van der Waals surface area contributed by atoms with E-state index in [0.717, 1.165) is 31.5 Å². The van der Waals surface area contributed by atoms with E-state index in [9.17, 15) is 4.39 Å². The van der Waals surface area contributed by atoms with Crippen molar-refractivity contribution in [3.63, 3.8) is 0 Å². The maximum atomic E-state index is 13.3. The van der Waals surface area contributed by atoms with E-state index in [1.165, 1.54) is 11.8 Å². The molecule has 0 fully saturated rings. The van der Waals surface area contributed by atoms with Gasteiger partial charge in [0, 0.05) is 12.2 Å². The molecular formula is C18H23FN2O5. The number of halogens is 1. The normalized spacial score (nSPS) is 9.96. The molecule has 0 bridgehead atoms. The van der Waals surface area contributed by atoms with Gasteiger partial charge in [0.15, 0.2) is 11.6 Å². The molecule has 1 heterocycles. The number of hydrogen-bond donors (Lipinski definition) is 2. The molecule has 2 N–H and O–H groups in total. The van der Waals surface area contributed by atoms with Crippen LogP contribution >= 0.6 is 0 Å². The zero-order valence-electron chi connectivity index (χ0n) is 14.8. The quantitative estimate of drug-likeness (QED) is 0.577. The maximum absolute atomic E-state index is 13.3. The van der Waals surface area contributed by atoms with Gasteiger partial charge in [-0.25, -0.2) is 14.0 Å². The molecule has 1 aromatic carbocycles. The zero-order chi connectivity index (χ0) is 19.5. The number of unbranched alkanes of at least 4 members (excludes halogenated alkanes) is 2. The van der Waals surface area contributed by atoms with Crippen LogP contribution in [0, 0.1) is 19.7 Å². The number of aryl methyl sites for hydroxylation is 3. The van der Waals surface area contributed by atoms with Crippen LogP contribution < -0.4 is 4.74 Å². The van der Waals surface area contributed by atoms with E-state index in [2.05, 4.69) is 18.1 Å². The molecule has 2 aromatic rings. The van der Waals surface area contributed by atoms with E-state index in [1.807, 2.05) is 11.6 Å². The second-order valence-corrected chi connectivity index (χ2v) is 5.60. The first-order valence-electron chi connectivity index (χ1n) is 8.16. The first-order valence-corrected chi connectivity index (χ1v) is 8.16. The molecule has 0 saturated carbocycles. The minimum Gasteiger partial charge on any atom is -0.491 e. The number of para-hydroxylation sites is 1. The summed E-state index contributed by atoms with van der Waals surface area (Å²) < 4.78 is 20.8. The average Bonchev–Trinajstić information content (AvgIpc) is 2.90. The lowest BCUT2D eigenvalue weighted by molar-refractivity contribution is -0.159. The minimum atomic E-state index is -1.82.